The van der Waals surface area contributed by atoms with Gasteiger partial charge in [-0.25, -0.2) is 0 Å². The predicted molar refractivity (Wildman–Crippen MR) is 101 cm³/mol. The van der Waals surface area contributed by atoms with E-state index in [1.165, 1.54) is 23.1 Å². The topological polar surface area (TPSA) is 99.0 Å². The lowest BCUT2D eigenvalue weighted by Crippen LogP contribution is -2.50. The van der Waals surface area contributed by atoms with Crippen molar-refractivity contribution in [3.05, 3.63) is 64.2 Å². The van der Waals surface area contributed by atoms with E-state index in [2.05, 4.69) is 0 Å². The fourth-order valence-electron chi connectivity index (χ4n) is 2.89. The lowest BCUT2D eigenvalue weighted by Gasteiger charge is -2.35. The lowest BCUT2D eigenvalue weighted by atomic mass is 10.0. The molecule has 28 heavy (non-hydrogen) atoms. The molecule has 8 heteroatoms. The number of amides is 1. The largest absolute Gasteiger partial charge is 0.478 e. The second-order valence-electron chi connectivity index (χ2n) is 6.76. The molecule has 0 radical (unpaired) electrons. The number of carbonyl (C=O) groups excluding carboxylic acids is 2. The van der Waals surface area contributed by atoms with Crippen molar-refractivity contribution in [1.82, 2.24) is 0 Å². The number of hydrogen-bond donors (Lipinski definition) is 0. The van der Waals surface area contributed by atoms with Gasteiger partial charge in [-0.2, -0.15) is 0 Å². The van der Waals surface area contributed by atoms with E-state index in [1.807, 2.05) is 30.3 Å². The van der Waals surface area contributed by atoms with Gasteiger partial charge in [0.2, 0.25) is 0 Å². The third-order valence-electron chi connectivity index (χ3n) is 4.34. The average Bonchev–Trinajstić information content (AvgIpc) is 2.68. The van der Waals surface area contributed by atoms with Crippen LogP contribution >= 0.6 is 0 Å². The van der Waals surface area contributed by atoms with E-state index in [9.17, 15) is 19.7 Å². The number of nitro benzene ring substituents is 1. The number of carbonyl (C=O) groups is 2. The molecule has 1 heterocycles. The number of esters is 1. The first-order chi connectivity index (χ1) is 13.4. The monoisotopic (exact) mass is 384 g/mol. The van der Waals surface area contributed by atoms with Crippen molar-refractivity contribution < 1.29 is 24.0 Å². The van der Waals surface area contributed by atoms with Gasteiger partial charge >= 0.3 is 5.97 Å². The van der Waals surface area contributed by atoms with Crippen LogP contribution in [0.2, 0.25) is 0 Å². The molecule has 3 rings (SSSR count). The van der Waals surface area contributed by atoms with E-state index >= 15 is 0 Å². The number of benzene rings is 2. The molecular weight excluding hydrogens is 364 g/mol. The van der Waals surface area contributed by atoms with Gasteiger partial charge in [0.05, 0.1) is 16.7 Å². The summed E-state index contributed by atoms with van der Waals surface area (Å²) >= 11 is 0. The summed E-state index contributed by atoms with van der Waals surface area (Å²) in [6.45, 7) is 3.40. The third kappa shape index (κ3) is 4.11. The molecule has 0 saturated carbocycles. The molecule has 0 aliphatic carbocycles. The highest BCUT2D eigenvalue weighted by Gasteiger charge is 2.38. The Labute approximate surface area is 161 Å². The van der Waals surface area contributed by atoms with Gasteiger partial charge in [-0.15, -0.1) is 0 Å². The van der Waals surface area contributed by atoms with Crippen molar-refractivity contribution in [2.24, 2.45) is 5.92 Å². The number of anilines is 1. The number of non-ortho nitro benzene ring substituents is 1. The highest BCUT2D eigenvalue weighted by atomic mass is 16.6. The molecule has 1 aliphatic heterocycles. The number of hydrogen-bond acceptors (Lipinski definition) is 6. The average molecular weight is 384 g/mol. The summed E-state index contributed by atoms with van der Waals surface area (Å²) in [6, 6.07) is 13.1. The van der Waals surface area contributed by atoms with E-state index in [0.717, 1.165) is 5.56 Å². The summed E-state index contributed by atoms with van der Waals surface area (Å²) in [4.78, 5) is 36.9. The molecule has 2 aromatic rings. The van der Waals surface area contributed by atoms with Crippen LogP contribution in [0.1, 0.15) is 19.4 Å². The van der Waals surface area contributed by atoms with Gasteiger partial charge in [-0.1, -0.05) is 44.2 Å². The first kappa shape index (κ1) is 19.3. The zero-order chi connectivity index (χ0) is 20.3. The molecule has 8 nitrogen and oxygen atoms in total. The number of nitrogens with zero attached hydrogens (tertiary/aromatic N) is 2. The van der Waals surface area contributed by atoms with Crippen molar-refractivity contribution in [3.8, 4) is 5.75 Å². The highest BCUT2D eigenvalue weighted by Crippen LogP contribution is 2.38. The molecule has 0 bridgehead atoms. The molecule has 0 spiro atoms. The molecule has 2 aromatic carbocycles. The van der Waals surface area contributed by atoms with Gasteiger partial charge in [0, 0.05) is 6.07 Å². The van der Waals surface area contributed by atoms with E-state index in [-0.39, 0.29) is 36.4 Å². The van der Waals surface area contributed by atoms with Crippen molar-refractivity contribution >= 4 is 23.3 Å². The Kier molecular flexibility index (Phi) is 5.58. The molecule has 0 N–H and O–H groups in total. The van der Waals surface area contributed by atoms with Gasteiger partial charge in [-0.3, -0.25) is 24.6 Å². The zero-order valence-corrected chi connectivity index (χ0v) is 15.5. The van der Waals surface area contributed by atoms with Crippen LogP contribution in [0.25, 0.3) is 0 Å². The van der Waals surface area contributed by atoms with Crippen LogP contribution < -0.4 is 9.64 Å². The Morgan fingerprint density at radius 1 is 1.25 bits per heavy atom. The zero-order valence-electron chi connectivity index (χ0n) is 15.5. The standard InChI is InChI=1S/C20H20N2O6/c1-13(2)19-20(24)21(11-18(23)27-12-14-6-4-3-5-7-14)16-9-8-15(22(25)26)10-17(16)28-19/h3-10,13,19H,11-12H2,1-2H3. The normalized spacial score (nSPS) is 15.8. The van der Waals surface area contributed by atoms with Crippen molar-refractivity contribution in [2.45, 2.75) is 26.6 Å². The number of rotatable bonds is 6. The molecule has 0 fully saturated rings. The summed E-state index contributed by atoms with van der Waals surface area (Å²) in [7, 11) is 0. The van der Waals surface area contributed by atoms with Crippen LogP contribution in [0, 0.1) is 16.0 Å². The van der Waals surface area contributed by atoms with Crippen LogP contribution in [0.5, 0.6) is 5.75 Å². The fourth-order valence-corrected chi connectivity index (χ4v) is 2.89. The maximum absolute atomic E-state index is 12.8. The summed E-state index contributed by atoms with van der Waals surface area (Å²) in [5.74, 6) is -0.940. The first-order valence-electron chi connectivity index (χ1n) is 8.83. The summed E-state index contributed by atoms with van der Waals surface area (Å²) in [5.41, 5.74) is 0.992. The molecule has 1 atom stereocenters. The van der Waals surface area contributed by atoms with Gasteiger partial charge < -0.3 is 9.47 Å². The molecular formula is C20H20N2O6. The van der Waals surface area contributed by atoms with Crippen LogP contribution in [-0.4, -0.2) is 29.4 Å². The second-order valence-corrected chi connectivity index (χ2v) is 6.76. The smallest absolute Gasteiger partial charge is 0.326 e. The Bertz CT molecular complexity index is 897. The summed E-state index contributed by atoms with van der Waals surface area (Å²) in [5, 5.41) is 11.0. The van der Waals surface area contributed by atoms with Crippen LogP contribution in [-0.2, 0) is 20.9 Å². The van der Waals surface area contributed by atoms with E-state index < -0.39 is 17.0 Å². The van der Waals surface area contributed by atoms with Gasteiger partial charge in [0.1, 0.15) is 13.2 Å². The SMILES string of the molecule is CC(C)C1Oc2cc([N+](=O)[O-])ccc2N(CC(=O)OCc2ccccc2)C1=O. The quantitative estimate of drug-likeness (QED) is 0.431. The maximum Gasteiger partial charge on any atom is 0.326 e. The number of ether oxygens (including phenoxy) is 2. The minimum absolute atomic E-state index is 0.0962. The van der Waals surface area contributed by atoms with Crippen LogP contribution in [0.4, 0.5) is 11.4 Å². The predicted octanol–water partition coefficient (Wildman–Crippen LogP) is 3.09. The second kappa shape index (κ2) is 8.08. The number of fused-ring (bicyclic) bond motifs is 1. The van der Waals surface area contributed by atoms with Crippen molar-refractivity contribution in [1.29, 1.82) is 0 Å². The van der Waals surface area contributed by atoms with Gasteiger partial charge in [0.15, 0.2) is 11.9 Å². The van der Waals surface area contributed by atoms with Crippen LogP contribution in [0.15, 0.2) is 48.5 Å². The van der Waals surface area contributed by atoms with E-state index in [0.29, 0.717) is 5.69 Å². The molecule has 1 aliphatic rings. The first-order valence-corrected chi connectivity index (χ1v) is 8.83. The van der Waals surface area contributed by atoms with Crippen molar-refractivity contribution in [2.75, 3.05) is 11.4 Å². The molecule has 1 unspecified atom stereocenters. The van der Waals surface area contributed by atoms with Crippen LogP contribution in [0.3, 0.4) is 0 Å². The maximum atomic E-state index is 12.8. The Balaban J connectivity index is 1.81. The Morgan fingerprint density at radius 3 is 2.61 bits per heavy atom. The Morgan fingerprint density at radius 2 is 1.96 bits per heavy atom. The highest BCUT2D eigenvalue weighted by molar-refractivity contribution is 6.03. The molecule has 0 aromatic heterocycles. The lowest BCUT2D eigenvalue weighted by molar-refractivity contribution is -0.384. The number of nitro groups is 1. The molecule has 146 valence electrons. The third-order valence-corrected chi connectivity index (χ3v) is 4.34. The fraction of sp³-hybridized carbons (Fsp3) is 0.300. The van der Waals surface area contributed by atoms with Gasteiger partial charge in [-0.05, 0) is 17.5 Å². The van der Waals surface area contributed by atoms with Gasteiger partial charge in [0.25, 0.3) is 11.6 Å². The minimum Gasteiger partial charge on any atom is -0.478 e. The molecule has 1 amide bonds. The summed E-state index contributed by atoms with van der Waals surface area (Å²) < 4.78 is 11.0. The van der Waals surface area contributed by atoms with Crippen molar-refractivity contribution in [3.63, 3.8) is 0 Å². The molecule has 0 saturated heterocycles. The van der Waals surface area contributed by atoms with E-state index in [1.54, 1.807) is 13.8 Å². The Hall–Kier alpha value is -3.42. The minimum atomic E-state index is -0.837. The van der Waals surface area contributed by atoms with E-state index in [4.69, 9.17) is 9.47 Å². The summed E-state index contributed by atoms with van der Waals surface area (Å²) in [6.07, 6.45) is -0.837.